The number of fused-ring (bicyclic) bond motifs is 1. The van der Waals surface area contributed by atoms with Gasteiger partial charge in [-0.25, -0.2) is 0 Å². The molecule has 1 atom stereocenters. The van der Waals surface area contributed by atoms with Crippen LogP contribution in [0.25, 0.3) is 0 Å². The molecule has 1 aliphatic carbocycles. The molecule has 0 amide bonds. The molecular weight excluding hydrogens is 234 g/mol. The van der Waals surface area contributed by atoms with Crippen LogP contribution >= 0.6 is 0 Å². The largest absolute Gasteiger partial charge is 0.323 e. The Labute approximate surface area is 116 Å². The monoisotopic (exact) mass is 259 g/mol. The Morgan fingerprint density at radius 2 is 1.84 bits per heavy atom. The smallest absolute Gasteiger partial charge is 0.0424 e. The molecule has 104 valence electrons. The zero-order chi connectivity index (χ0) is 13.1. The summed E-state index contributed by atoms with van der Waals surface area (Å²) < 4.78 is 0. The molecule has 3 heteroatoms. The third-order valence-electron chi connectivity index (χ3n) is 4.47. The van der Waals surface area contributed by atoms with Gasteiger partial charge in [0.25, 0.3) is 0 Å². The second kappa shape index (κ2) is 6.04. The van der Waals surface area contributed by atoms with E-state index in [9.17, 15) is 0 Å². The molecule has 1 saturated heterocycles. The molecule has 0 radical (unpaired) electrons. The molecule has 1 fully saturated rings. The van der Waals surface area contributed by atoms with Crippen molar-refractivity contribution in [3.05, 3.63) is 34.9 Å². The first-order chi connectivity index (χ1) is 9.33. The van der Waals surface area contributed by atoms with Crippen molar-refractivity contribution in [2.75, 3.05) is 32.7 Å². The highest BCUT2D eigenvalue weighted by molar-refractivity contribution is 5.35. The van der Waals surface area contributed by atoms with Crippen LogP contribution in [0.4, 0.5) is 0 Å². The Balaban J connectivity index is 1.67. The molecule has 19 heavy (non-hydrogen) atoms. The minimum atomic E-state index is 0.158. The normalized spacial score (nSPS) is 21.9. The zero-order valence-corrected chi connectivity index (χ0v) is 11.7. The van der Waals surface area contributed by atoms with Crippen LogP contribution in [0.3, 0.4) is 0 Å². The average molecular weight is 259 g/mol. The fourth-order valence-electron chi connectivity index (χ4n) is 3.26. The van der Waals surface area contributed by atoms with E-state index in [4.69, 9.17) is 5.73 Å². The fourth-order valence-corrected chi connectivity index (χ4v) is 3.26. The highest BCUT2D eigenvalue weighted by atomic mass is 15.2. The van der Waals surface area contributed by atoms with Crippen molar-refractivity contribution >= 4 is 0 Å². The predicted molar refractivity (Wildman–Crippen MR) is 79.3 cm³/mol. The van der Waals surface area contributed by atoms with Crippen LogP contribution in [-0.4, -0.2) is 37.6 Å². The maximum absolute atomic E-state index is 6.40. The van der Waals surface area contributed by atoms with Crippen molar-refractivity contribution in [3.63, 3.8) is 0 Å². The van der Waals surface area contributed by atoms with E-state index in [1.54, 1.807) is 11.1 Å². The van der Waals surface area contributed by atoms with Crippen LogP contribution in [0.15, 0.2) is 18.2 Å². The van der Waals surface area contributed by atoms with E-state index in [2.05, 4.69) is 28.4 Å². The molecule has 1 aliphatic heterocycles. The van der Waals surface area contributed by atoms with Gasteiger partial charge >= 0.3 is 0 Å². The molecule has 0 saturated carbocycles. The summed E-state index contributed by atoms with van der Waals surface area (Å²) in [6, 6.07) is 7.07. The minimum absolute atomic E-state index is 0.158. The Morgan fingerprint density at radius 1 is 1.11 bits per heavy atom. The van der Waals surface area contributed by atoms with Crippen LogP contribution in [0, 0.1) is 0 Å². The standard InChI is InChI=1S/C16H25N3/c17-16(12-19-9-7-18-8-10-19)15-6-5-13-3-1-2-4-14(13)11-15/h5-6,11,16,18H,1-4,7-10,12,17H2. The second-order valence-electron chi connectivity index (χ2n) is 5.89. The maximum atomic E-state index is 6.40. The first-order valence-corrected chi connectivity index (χ1v) is 7.63. The predicted octanol–water partition coefficient (Wildman–Crippen LogP) is 1.47. The fraction of sp³-hybridized carbons (Fsp3) is 0.625. The van der Waals surface area contributed by atoms with E-state index >= 15 is 0 Å². The van der Waals surface area contributed by atoms with Crippen molar-refractivity contribution in [1.82, 2.24) is 10.2 Å². The summed E-state index contributed by atoms with van der Waals surface area (Å²) in [5.74, 6) is 0. The highest BCUT2D eigenvalue weighted by Gasteiger charge is 2.16. The van der Waals surface area contributed by atoms with Crippen LogP contribution < -0.4 is 11.1 Å². The van der Waals surface area contributed by atoms with Crippen LogP contribution in [0.5, 0.6) is 0 Å². The van der Waals surface area contributed by atoms with Crippen molar-refractivity contribution in [2.24, 2.45) is 5.73 Å². The number of hydrogen-bond acceptors (Lipinski definition) is 3. The quantitative estimate of drug-likeness (QED) is 0.864. The molecule has 3 rings (SSSR count). The Kier molecular flexibility index (Phi) is 4.16. The van der Waals surface area contributed by atoms with E-state index in [1.807, 2.05) is 0 Å². The van der Waals surface area contributed by atoms with Gasteiger partial charge in [-0.2, -0.15) is 0 Å². The van der Waals surface area contributed by atoms with Crippen molar-refractivity contribution < 1.29 is 0 Å². The summed E-state index contributed by atoms with van der Waals surface area (Å²) >= 11 is 0. The van der Waals surface area contributed by atoms with Gasteiger partial charge in [0.2, 0.25) is 0 Å². The number of rotatable bonds is 3. The number of nitrogens with two attached hydrogens (primary N) is 1. The molecule has 1 aromatic rings. The lowest BCUT2D eigenvalue weighted by molar-refractivity contribution is 0.228. The summed E-state index contributed by atoms with van der Waals surface area (Å²) in [6.45, 7) is 5.42. The van der Waals surface area contributed by atoms with E-state index in [0.29, 0.717) is 0 Å². The Hall–Kier alpha value is -0.900. The molecule has 3 N–H and O–H groups in total. The van der Waals surface area contributed by atoms with Gasteiger partial charge in [0.15, 0.2) is 0 Å². The first-order valence-electron chi connectivity index (χ1n) is 7.63. The van der Waals surface area contributed by atoms with Gasteiger partial charge in [-0.05, 0) is 42.4 Å². The lowest BCUT2D eigenvalue weighted by atomic mass is 9.89. The molecular formula is C16H25N3. The molecule has 0 spiro atoms. The van der Waals surface area contributed by atoms with E-state index in [0.717, 1.165) is 32.7 Å². The van der Waals surface area contributed by atoms with Crippen LogP contribution in [-0.2, 0) is 12.8 Å². The number of hydrogen-bond donors (Lipinski definition) is 2. The Bertz CT molecular complexity index is 424. The number of piperazine rings is 1. The maximum Gasteiger partial charge on any atom is 0.0424 e. The van der Waals surface area contributed by atoms with Crippen molar-refractivity contribution in [2.45, 2.75) is 31.7 Å². The van der Waals surface area contributed by atoms with Gasteiger partial charge in [-0.3, -0.25) is 4.90 Å². The number of benzene rings is 1. The van der Waals surface area contributed by atoms with E-state index in [1.165, 1.54) is 31.2 Å². The summed E-state index contributed by atoms with van der Waals surface area (Å²) in [6.07, 6.45) is 5.18. The number of aryl methyl sites for hydroxylation is 2. The average Bonchev–Trinajstić information content (AvgIpc) is 2.48. The lowest BCUT2D eigenvalue weighted by Crippen LogP contribution is -2.45. The number of nitrogens with one attached hydrogen (secondary N) is 1. The Morgan fingerprint density at radius 3 is 2.63 bits per heavy atom. The topological polar surface area (TPSA) is 41.3 Å². The molecule has 1 heterocycles. The van der Waals surface area contributed by atoms with Crippen molar-refractivity contribution in [3.8, 4) is 0 Å². The van der Waals surface area contributed by atoms with Gasteiger partial charge in [0.1, 0.15) is 0 Å². The highest BCUT2D eigenvalue weighted by Crippen LogP contribution is 2.24. The molecule has 3 nitrogen and oxygen atoms in total. The summed E-state index contributed by atoms with van der Waals surface area (Å²) in [5, 5.41) is 3.39. The minimum Gasteiger partial charge on any atom is -0.323 e. The SMILES string of the molecule is NC(CN1CCNCC1)c1ccc2c(c1)CCCC2. The molecule has 2 aliphatic rings. The van der Waals surface area contributed by atoms with E-state index < -0.39 is 0 Å². The zero-order valence-electron chi connectivity index (χ0n) is 11.7. The van der Waals surface area contributed by atoms with E-state index in [-0.39, 0.29) is 6.04 Å². The van der Waals surface area contributed by atoms with Gasteiger partial charge in [-0.1, -0.05) is 18.2 Å². The molecule has 1 aromatic carbocycles. The molecule has 0 bridgehead atoms. The van der Waals surface area contributed by atoms with Gasteiger partial charge < -0.3 is 11.1 Å². The summed E-state index contributed by atoms with van der Waals surface area (Å²) in [7, 11) is 0. The summed E-state index contributed by atoms with van der Waals surface area (Å²) in [4.78, 5) is 2.47. The third kappa shape index (κ3) is 3.16. The van der Waals surface area contributed by atoms with Crippen molar-refractivity contribution in [1.29, 1.82) is 0 Å². The molecule has 1 unspecified atom stereocenters. The van der Waals surface area contributed by atoms with Crippen LogP contribution in [0.2, 0.25) is 0 Å². The first kappa shape index (κ1) is 13.1. The van der Waals surface area contributed by atoms with Gasteiger partial charge in [0.05, 0.1) is 0 Å². The summed E-state index contributed by atoms with van der Waals surface area (Å²) in [5.41, 5.74) is 10.8. The lowest BCUT2D eigenvalue weighted by Gasteiger charge is -2.30. The second-order valence-corrected chi connectivity index (χ2v) is 5.89. The third-order valence-corrected chi connectivity index (χ3v) is 4.47. The van der Waals surface area contributed by atoms with Gasteiger partial charge in [-0.15, -0.1) is 0 Å². The molecule has 0 aromatic heterocycles. The van der Waals surface area contributed by atoms with Crippen LogP contribution in [0.1, 0.15) is 35.6 Å². The number of nitrogens with zero attached hydrogens (tertiary/aromatic N) is 1. The van der Waals surface area contributed by atoms with Gasteiger partial charge in [0, 0.05) is 38.8 Å².